The van der Waals surface area contributed by atoms with Gasteiger partial charge in [0, 0.05) is 24.0 Å². The van der Waals surface area contributed by atoms with Crippen LogP contribution < -0.4 is 0 Å². The fourth-order valence-corrected chi connectivity index (χ4v) is 1.45. The van der Waals surface area contributed by atoms with Crippen LogP contribution >= 0.6 is 0 Å². The number of rotatable bonds is 3. The maximum atomic E-state index is 11.7. The molecular weight excluding hydrogens is 234 g/mol. The van der Waals surface area contributed by atoms with E-state index in [1.165, 1.54) is 6.08 Å². The summed E-state index contributed by atoms with van der Waals surface area (Å²) in [4.78, 5) is 27.0. The van der Waals surface area contributed by atoms with Crippen LogP contribution in [0.25, 0.3) is 0 Å². The lowest BCUT2D eigenvalue weighted by Gasteiger charge is -2.17. The normalized spacial score (nSPS) is 17.0. The predicted octanol–water partition coefficient (Wildman–Crippen LogP) is 1.39. The molecule has 18 heavy (non-hydrogen) atoms. The van der Waals surface area contributed by atoms with E-state index in [1.807, 2.05) is 0 Å². The minimum Gasteiger partial charge on any atom is -0.472 e. The Kier molecular flexibility index (Phi) is 3.14. The van der Waals surface area contributed by atoms with Crippen LogP contribution in [0, 0.1) is 0 Å². The van der Waals surface area contributed by atoms with Gasteiger partial charge >= 0.3 is 5.97 Å². The van der Waals surface area contributed by atoms with Crippen molar-refractivity contribution in [1.29, 1.82) is 0 Å². The molecule has 2 heterocycles. The van der Waals surface area contributed by atoms with E-state index >= 15 is 0 Å². The average Bonchev–Trinajstić information content (AvgIpc) is 2.62. The third-order valence-electron chi connectivity index (χ3n) is 2.51. The Hall–Kier alpha value is -2.17. The maximum absolute atomic E-state index is 11.7. The molecule has 1 aliphatic rings. The van der Waals surface area contributed by atoms with E-state index in [2.05, 4.69) is 4.98 Å². The van der Waals surface area contributed by atoms with Crippen LogP contribution in [0.5, 0.6) is 0 Å². The van der Waals surface area contributed by atoms with Crippen molar-refractivity contribution in [1.82, 2.24) is 4.98 Å². The molecule has 0 bridgehead atoms. The maximum Gasteiger partial charge on any atom is 0.374 e. The van der Waals surface area contributed by atoms with E-state index in [4.69, 9.17) is 9.47 Å². The number of ether oxygens (including phenoxy) is 2. The van der Waals surface area contributed by atoms with Crippen LogP contribution in [0.15, 0.2) is 36.4 Å². The number of hydrogen-bond donors (Lipinski definition) is 0. The van der Waals surface area contributed by atoms with Crippen molar-refractivity contribution >= 4 is 11.8 Å². The number of ketones is 1. The lowest BCUT2D eigenvalue weighted by atomic mass is 10.1. The molecule has 1 aromatic rings. The molecule has 0 aliphatic carbocycles. The fraction of sp³-hybridized carbons (Fsp3) is 0.308. The highest BCUT2D eigenvalue weighted by Gasteiger charge is 2.38. The average molecular weight is 247 g/mol. The second kappa shape index (κ2) is 4.60. The zero-order valence-corrected chi connectivity index (χ0v) is 10.2. The van der Waals surface area contributed by atoms with Crippen molar-refractivity contribution in [2.24, 2.45) is 0 Å². The number of carbonyl (C=O) groups is 2. The predicted molar refractivity (Wildman–Crippen MR) is 62.3 cm³/mol. The molecule has 0 radical (unpaired) electrons. The highest BCUT2D eigenvalue weighted by molar-refractivity contribution is 6.05. The molecule has 0 saturated heterocycles. The Balaban J connectivity index is 1.94. The monoisotopic (exact) mass is 247 g/mol. The van der Waals surface area contributed by atoms with Crippen LogP contribution in [-0.2, 0) is 25.7 Å². The quantitative estimate of drug-likeness (QED) is 0.755. The Morgan fingerprint density at radius 3 is 2.83 bits per heavy atom. The Bertz CT molecular complexity index is 505. The van der Waals surface area contributed by atoms with E-state index < -0.39 is 11.6 Å². The molecule has 2 rings (SSSR count). The number of pyridine rings is 1. The van der Waals surface area contributed by atoms with Crippen LogP contribution in [0.3, 0.4) is 0 Å². The molecule has 5 nitrogen and oxygen atoms in total. The topological polar surface area (TPSA) is 65.5 Å². The Morgan fingerprint density at radius 1 is 1.50 bits per heavy atom. The molecule has 0 amide bonds. The van der Waals surface area contributed by atoms with Gasteiger partial charge in [-0.3, -0.25) is 9.78 Å². The molecule has 94 valence electrons. The van der Waals surface area contributed by atoms with Crippen LogP contribution in [0.1, 0.15) is 19.4 Å². The van der Waals surface area contributed by atoms with Crippen molar-refractivity contribution in [3.05, 3.63) is 41.9 Å². The highest BCUT2D eigenvalue weighted by Crippen LogP contribution is 2.25. The van der Waals surface area contributed by atoms with Gasteiger partial charge < -0.3 is 9.47 Å². The summed E-state index contributed by atoms with van der Waals surface area (Å²) in [6, 6.07) is 3.54. The van der Waals surface area contributed by atoms with Crippen molar-refractivity contribution < 1.29 is 19.1 Å². The summed E-state index contributed by atoms with van der Waals surface area (Å²) in [7, 11) is 0. The lowest BCUT2D eigenvalue weighted by Crippen LogP contribution is -2.28. The van der Waals surface area contributed by atoms with Crippen molar-refractivity contribution in [2.75, 3.05) is 0 Å². The van der Waals surface area contributed by atoms with Gasteiger partial charge in [-0.05, 0) is 19.9 Å². The fourth-order valence-electron chi connectivity index (χ4n) is 1.45. The first-order valence-electron chi connectivity index (χ1n) is 5.50. The minimum atomic E-state index is -0.983. The molecule has 1 aliphatic heterocycles. The first kappa shape index (κ1) is 12.3. The zero-order chi connectivity index (χ0) is 13.2. The summed E-state index contributed by atoms with van der Waals surface area (Å²) < 4.78 is 10.3. The standard InChI is InChI=1S/C13H13NO4/c1-13(2)11(15)6-10(18-13)12(16)17-8-9-4-3-5-14-7-9/h3-7H,8H2,1-2H3. The number of esters is 1. The number of carbonyl (C=O) groups excluding carboxylic acids is 2. The molecule has 0 fully saturated rings. The van der Waals surface area contributed by atoms with Crippen molar-refractivity contribution in [3.63, 3.8) is 0 Å². The largest absolute Gasteiger partial charge is 0.472 e. The van der Waals surface area contributed by atoms with Crippen LogP contribution in [-0.4, -0.2) is 22.3 Å². The molecular formula is C13H13NO4. The number of aromatic nitrogens is 1. The third-order valence-corrected chi connectivity index (χ3v) is 2.51. The van der Waals surface area contributed by atoms with Gasteiger partial charge in [0.15, 0.2) is 5.60 Å². The first-order chi connectivity index (χ1) is 8.49. The van der Waals surface area contributed by atoms with Gasteiger partial charge in [0.25, 0.3) is 0 Å². The SMILES string of the molecule is CC1(C)OC(C(=O)OCc2cccnc2)=CC1=O. The summed E-state index contributed by atoms with van der Waals surface area (Å²) in [5, 5.41) is 0. The summed E-state index contributed by atoms with van der Waals surface area (Å²) in [5.41, 5.74) is -0.210. The molecule has 0 atom stereocenters. The smallest absolute Gasteiger partial charge is 0.374 e. The van der Waals surface area contributed by atoms with Gasteiger partial charge in [-0.15, -0.1) is 0 Å². The molecule has 0 spiro atoms. The molecule has 5 heteroatoms. The Morgan fingerprint density at radius 2 is 2.28 bits per heavy atom. The minimum absolute atomic E-state index is 0.0473. The van der Waals surface area contributed by atoms with E-state index in [-0.39, 0.29) is 18.1 Å². The van der Waals surface area contributed by atoms with Crippen molar-refractivity contribution in [2.45, 2.75) is 26.1 Å². The lowest BCUT2D eigenvalue weighted by molar-refractivity contribution is -0.147. The molecule has 1 aromatic heterocycles. The molecule has 0 aromatic carbocycles. The molecule has 0 unspecified atom stereocenters. The first-order valence-corrected chi connectivity index (χ1v) is 5.50. The van der Waals surface area contributed by atoms with Gasteiger partial charge in [-0.2, -0.15) is 0 Å². The van der Waals surface area contributed by atoms with Gasteiger partial charge in [-0.25, -0.2) is 4.79 Å². The van der Waals surface area contributed by atoms with Crippen LogP contribution in [0.4, 0.5) is 0 Å². The summed E-state index contributed by atoms with van der Waals surface area (Å²) in [6.45, 7) is 3.31. The number of hydrogen-bond acceptors (Lipinski definition) is 5. The van der Waals surface area contributed by atoms with E-state index in [0.717, 1.165) is 5.56 Å². The van der Waals surface area contributed by atoms with Crippen LogP contribution in [0.2, 0.25) is 0 Å². The van der Waals surface area contributed by atoms with Gasteiger partial charge in [0.05, 0.1) is 0 Å². The van der Waals surface area contributed by atoms with E-state index in [9.17, 15) is 9.59 Å². The number of nitrogens with zero attached hydrogens (tertiary/aromatic N) is 1. The molecule has 0 saturated carbocycles. The van der Waals surface area contributed by atoms with E-state index in [0.29, 0.717) is 0 Å². The summed E-state index contributed by atoms with van der Waals surface area (Å²) in [6.07, 6.45) is 4.41. The van der Waals surface area contributed by atoms with Gasteiger partial charge in [-0.1, -0.05) is 6.07 Å². The summed E-state index contributed by atoms with van der Waals surface area (Å²) >= 11 is 0. The van der Waals surface area contributed by atoms with Gasteiger partial charge in [0.1, 0.15) is 6.61 Å². The van der Waals surface area contributed by atoms with Gasteiger partial charge in [0.2, 0.25) is 11.5 Å². The Labute approximate surface area is 104 Å². The van der Waals surface area contributed by atoms with Crippen molar-refractivity contribution in [3.8, 4) is 0 Å². The second-order valence-corrected chi connectivity index (χ2v) is 4.42. The highest BCUT2D eigenvalue weighted by atomic mass is 16.6. The summed E-state index contributed by atoms with van der Waals surface area (Å²) in [5.74, 6) is -0.928. The molecule has 0 N–H and O–H groups in total. The third kappa shape index (κ3) is 2.56. The second-order valence-electron chi connectivity index (χ2n) is 4.42. The van der Waals surface area contributed by atoms with E-state index in [1.54, 1.807) is 38.4 Å². The zero-order valence-electron chi connectivity index (χ0n) is 10.2.